The highest BCUT2D eigenvalue weighted by Gasteiger charge is 2.04. The SMILES string of the molecule is NC(N)=NCc1ccc(-n2ccnc2)c(F)c1. The van der Waals surface area contributed by atoms with Crippen molar-refractivity contribution in [3.05, 3.63) is 48.3 Å². The zero-order valence-electron chi connectivity index (χ0n) is 9.05. The highest BCUT2D eigenvalue weighted by atomic mass is 19.1. The average molecular weight is 233 g/mol. The number of rotatable bonds is 3. The number of aliphatic imine (C=N–C) groups is 1. The molecule has 0 fully saturated rings. The Hall–Kier alpha value is -2.37. The lowest BCUT2D eigenvalue weighted by molar-refractivity contribution is 0.616. The molecular formula is C11H12FN5. The lowest BCUT2D eigenvalue weighted by atomic mass is 10.2. The molecule has 0 atom stereocenters. The van der Waals surface area contributed by atoms with Gasteiger partial charge in [0.2, 0.25) is 0 Å². The summed E-state index contributed by atoms with van der Waals surface area (Å²) in [7, 11) is 0. The topological polar surface area (TPSA) is 82.2 Å². The number of imidazole rings is 1. The fourth-order valence-corrected chi connectivity index (χ4v) is 1.44. The van der Waals surface area contributed by atoms with Crippen LogP contribution in [0.15, 0.2) is 41.9 Å². The third-order valence-electron chi connectivity index (χ3n) is 2.24. The van der Waals surface area contributed by atoms with Crippen molar-refractivity contribution >= 4 is 5.96 Å². The van der Waals surface area contributed by atoms with Crippen molar-refractivity contribution in [3.63, 3.8) is 0 Å². The van der Waals surface area contributed by atoms with Gasteiger partial charge >= 0.3 is 0 Å². The van der Waals surface area contributed by atoms with Gasteiger partial charge in [-0.15, -0.1) is 0 Å². The second kappa shape index (κ2) is 4.65. The minimum Gasteiger partial charge on any atom is -0.370 e. The molecule has 0 amide bonds. The molecule has 1 aromatic heterocycles. The first-order valence-corrected chi connectivity index (χ1v) is 4.99. The van der Waals surface area contributed by atoms with E-state index in [2.05, 4.69) is 9.98 Å². The molecule has 0 saturated carbocycles. The Kier molecular flexibility index (Phi) is 3.04. The van der Waals surface area contributed by atoms with Crippen molar-refractivity contribution in [2.24, 2.45) is 16.5 Å². The van der Waals surface area contributed by atoms with Gasteiger partial charge in [-0.2, -0.15) is 0 Å². The standard InChI is InChI=1S/C11H12FN5/c12-9-5-8(6-16-11(13)14)1-2-10(9)17-4-3-15-7-17/h1-5,7H,6H2,(H4,13,14,16). The van der Waals surface area contributed by atoms with Gasteiger partial charge in [-0.25, -0.2) is 14.4 Å². The maximum Gasteiger partial charge on any atom is 0.186 e. The summed E-state index contributed by atoms with van der Waals surface area (Å²) in [6.45, 7) is 0.267. The van der Waals surface area contributed by atoms with Gasteiger partial charge in [-0.3, -0.25) is 0 Å². The first-order chi connectivity index (χ1) is 8.16. The summed E-state index contributed by atoms with van der Waals surface area (Å²) < 4.78 is 15.4. The summed E-state index contributed by atoms with van der Waals surface area (Å²) >= 11 is 0. The van der Waals surface area contributed by atoms with Crippen LogP contribution in [-0.4, -0.2) is 15.5 Å². The molecule has 0 unspecified atom stereocenters. The number of hydrogen-bond acceptors (Lipinski definition) is 2. The first kappa shape index (κ1) is 11.1. The van der Waals surface area contributed by atoms with Crippen LogP contribution in [-0.2, 0) is 6.54 Å². The van der Waals surface area contributed by atoms with Crippen LogP contribution in [0.2, 0.25) is 0 Å². The lowest BCUT2D eigenvalue weighted by Gasteiger charge is -2.05. The van der Waals surface area contributed by atoms with Crippen molar-refractivity contribution in [1.82, 2.24) is 9.55 Å². The largest absolute Gasteiger partial charge is 0.370 e. The minimum absolute atomic E-state index is 0.0101. The Bertz CT molecular complexity index is 529. The minimum atomic E-state index is -0.341. The number of halogens is 1. The van der Waals surface area contributed by atoms with Gasteiger partial charge in [0, 0.05) is 12.4 Å². The molecular weight excluding hydrogens is 221 g/mol. The second-order valence-corrected chi connectivity index (χ2v) is 3.50. The number of nitrogens with two attached hydrogens (primary N) is 2. The molecule has 2 rings (SSSR count). The molecule has 2 aromatic rings. The van der Waals surface area contributed by atoms with Crippen LogP contribution in [0.5, 0.6) is 0 Å². The van der Waals surface area contributed by atoms with E-state index in [9.17, 15) is 4.39 Å². The molecule has 0 saturated heterocycles. The van der Waals surface area contributed by atoms with Gasteiger partial charge < -0.3 is 16.0 Å². The van der Waals surface area contributed by atoms with Crippen LogP contribution >= 0.6 is 0 Å². The monoisotopic (exact) mass is 233 g/mol. The van der Waals surface area contributed by atoms with Crippen LogP contribution in [0.1, 0.15) is 5.56 Å². The molecule has 88 valence electrons. The number of hydrogen-bond donors (Lipinski definition) is 2. The van der Waals surface area contributed by atoms with Gasteiger partial charge in [0.15, 0.2) is 5.96 Å². The Morgan fingerprint density at radius 1 is 1.41 bits per heavy atom. The summed E-state index contributed by atoms with van der Waals surface area (Å²) in [5.41, 5.74) is 11.6. The Balaban J connectivity index is 2.26. The summed E-state index contributed by atoms with van der Waals surface area (Å²) in [4.78, 5) is 7.68. The van der Waals surface area contributed by atoms with E-state index < -0.39 is 0 Å². The third-order valence-corrected chi connectivity index (χ3v) is 2.24. The Labute approximate surface area is 97.6 Å². The number of benzene rings is 1. The molecule has 1 heterocycles. The summed E-state index contributed by atoms with van der Waals surface area (Å²) in [5, 5.41) is 0. The molecule has 17 heavy (non-hydrogen) atoms. The molecule has 0 aliphatic heterocycles. The van der Waals surface area contributed by atoms with Crippen LogP contribution in [0.25, 0.3) is 5.69 Å². The van der Waals surface area contributed by atoms with Gasteiger partial charge in [-0.1, -0.05) is 6.07 Å². The predicted octanol–water partition coefficient (Wildman–Crippen LogP) is 0.785. The number of nitrogens with zero attached hydrogens (tertiary/aromatic N) is 3. The molecule has 0 radical (unpaired) electrons. The predicted molar refractivity (Wildman–Crippen MR) is 63.0 cm³/mol. The number of aromatic nitrogens is 2. The van der Waals surface area contributed by atoms with Crippen LogP contribution in [0.4, 0.5) is 4.39 Å². The smallest absolute Gasteiger partial charge is 0.186 e. The Morgan fingerprint density at radius 3 is 2.82 bits per heavy atom. The highest BCUT2D eigenvalue weighted by molar-refractivity contribution is 5.75. The van der Waals surface area contributed by atoms with Crippen molar-refractivity contribution < 1.29 is 4.39 Å². The zero-order chi connectivity index (χ0) is 12.3. The third kappa shape index (κ3) is 2.60. The van der Waals surface area contributed by atoms with E-state index in [-0.39, 0.29) is 18.3 Å². The van der Waals surface area contributed by atoms with E-state index in [1.807, 2.05) is 0 Å². The van der Waals surface area contributed by atoms with E-state index >= 15 is 0 Å². The second-order valence-electron chi connectivity index (χ2n) is 3.50. The van der Waals surface area contributed by atoms with E-state index in [0.717, 1.165) is 0 Å². The van der Waals surface area contributed by atoms with Crippen LogP contribution in [0, 0.1) is 5.82 Å². The van der Waals surface area contributed by atoms with Crippen molar-refractivity contribution in [2.45, 2.75) is 6.54 Å². The van der Waals surface area contributed by atoms with Crippen molar-refractivity contribution in [3.8, 4) is 5.69 Å². The first-order valence-electron chi connectivity index (χ1n) is 4.99. The van der Waals surface area contributed by atoms with E-state index in [4.69, 9.17) is 11.5 Å². The zero-order valence-corrected chi connectivity index (χ0v) is 9.05. The average Bonchev–Trinajstić information content (AvgIpc) is 2.79. The molecule has 4 N–H and O–H groups in total. The molecule has 0 aliphatic rings. The van der Waals surface area contributed by atoms with Gasteiger partial charge in [0.25, 0.3) is 0 Å². The normalized spacial score (nSPS) is 10.2. The Morgan fingerprint density at radius 2 is 2.24 bits per heavy atom. The van der Waals surface area contributed by atoms with E-state index in [1.54, 1.807) is 29.1 Å². The maximum atomic E-state index is 13.8. The molecule has 0 aliphatic carbocycles. The molecule has 5 nitrogen and oxygen atoms in total. The molecule has 0 spiro atoms. The van der Waals surface area contributed by atoms with Gasteiger partial charge in [-0.05, 0) is 17.7 Å². The van der Waals surface area contributed by atoms with Crippen molar-refractivity contribution in [1.29, 1.82) is 0 Å². The summed E-state index contributed by atoms with van der Waals surface area (Å²) in [6, 6.07) is 4.83. The van der Waals surface area contributed by atoms with Crippen LogP contribution in [0.3, 0.4) is 0 Å². The van der Waals surface area contributed by atoms with E-state index in [1.165, 1.54) is 12.4 Å². The van der Waals surface area contributed by atoms with E-state index in [0.29, 0.717) is 11.3 Å². The highest BCUT2D eigenvalue weighted by Crippen LogP contribution is 2.15. The molecule has 1 aromatic carbocycles. The number of guanidine groups is 1. The summed E-state index contributed by atoms with van der Waals surface area (Å²) in [5.74, 6) is -0.351. The maximum absolute atomic E-state index is 13.8. The summed E-state index contributed by atoms with van der Waals surface area (Å²) in [6.07, 6.45) is 4.80. The molecule has 6 heteroatoms. The molecule has 0 bridgehead atoms. The van der Waals surface area contributed by atoms with Crippen LogP contribution < -0.4 is 11.5 Å². The van der Waals surface area contributed by atoms with Crippen molar-refractivity contribution in [2.75, 3.05) is 0 Å². The fourth-order valence-electron chi connectivity index (χ4n) is 1.44. The van der Waals surface area contributed by atoms with Gasteiger partial charge in [0.1, 0.15) is 5.82 Å². The lowest BCUT2D eigenvalue weighted by Crippen LogP contribution is -2.22. The fraction of sp³-hybridized carbons (Fsp3) is 0.0909. The quantitative estimate of drug-likeness (QED) is 0.607. The van der Waals surface area contributed by atoms with Gasteiger partial charge in [0.05, 0.1) is 18.6 Å².